The summed E-state index contributed by atoms with van der Waals surface area (Å²) in [6.45, 7) is 1.82. The van der Waals surface area contributed by atoms with Crippen molar-refractivity contribution in [2.75, 3.05) is 29.0 Å². The number of amides is 3. The molecule has 0 radical (unpaired) electrons. The van der Waals surface area contributed by atoms with E-state index < -0.39 is 10.0 Å². The van der Waals surface area contributed by atoms with Gasteiger partial charge in [0.15, 0.2) is 0 Å². The Morgan fingerprint density at radius 2 is 1.85 bits per heavy atom. The van der Waals surface area contributed by atoms with Crippen LogP contribution in [0, 0.1) is 0 Å². The van der Waals surface area contributed by atoms with E-state index in [9.17, 15) is 18.0 Å². The number of carbonyl (C=O) groups is 2. The van der Waals surface area contributed by atoms with Gasteiger partial charge in [0.25, 0.3) is 10.0 Å². The number of sulfonamides is 1. The van der Waals surface area contributed by atoms with Crippen molar-refractivity contribution >= 4 is 39.0 Å². The van der Waals surface area contributed by atoms with E-state index in [0.717, 1.165) is 5.56 Å². The minimum absolute atomic E-state index is 0.0892. The third-order valence-corrected chi connectivity index (χ3v) is 5.76. The quantitative estimate of drug-likeness (QED) is 0.840. The summed E-state index contributed by atoms with van der Waals surface area (Å²) in [4.78, 5) is 26.1. The van der Waals surface area contributed by atoms with Gasteiger partial charge in [-0.15, -0.1) is 0 Å². The van der Waals surface area contributed by atoms with Crippen molar-refractivity contribution in [3.8, 4) is 0 Å². The molecule has 3 amide bonds. The number of carbonyl (C=O) groups excluding carboxylic acids is 2. The highest BCUT2D eigenvalue weighted by atomic mass is 32.2. The van der Waals surface area contributed by atoms with E-state index >= 15 is 0 Å². The summed E-state index contributed by atoms with van der Waals surface area (Å²) in [6, 6.07) is 10.8. The van der Waals surface area contributed by atoms with Crippen molar-refractivity contribution in [3.05, 3.63) is 48.0 Å². The minimum Gasteiger partial charge on any atom is -0.323 e. The van der Waals surface area contributed by atoms with Crippen LogP contribution in [0.2, 0.25) is 0 Å². The Hall–Kier alpha value is -3.07. The zero-order valence-corrected chi connectivity index (χ0v) is 16.0. The predicted octanol–water partition coefficient (Wildman–Crippen LogP) is 2.45. The lowest BCUT2D eigenvalue weighted by molar-refractivity contribution is -0.116. The Labute approximate surface area is 157 Å². The molecule has 0 saturated heterocycles. The van der Waals surface area contributed by atoms with Crippen LogP contribution >= 0.6 is 0 Å². The molecule has 1 aliphatic heterocycles. The molecule has 2 N–H and O–H groups in total. The van der Waals surface area contributed by atoms with Crippen LogP contribution < -0.4 is 14.9 Å². The number of nitrogens with one attached hydrogen (secondary N) is 2. The third kappa shape index (κ3) is 3.87. The van der Waals surface area contributed by atoms with Crippen LogP contribution in [0.15, 0.2) is 47.4 Å². The van der Waals surface area contributed by atoms with Crippen molar-refractivity contribution in [3.63, 3.8) is 0 Å². The van der Waals surface area contributed by atoms with E-state index in [1.54, 1.807) is 44.4 Å². The highest BCUT2D eigenvalue weighted by Gasteiger charge is 2.21. The highest BCUT2D eigenvalue weighted by molar-refractivity contribution is 7.92. The maximum Gasteiger partial charge on any atom is 0.321 e. The van der Waals surface area contributed by atoms with Gasteiger partial charge in [0.05, 0.1) is 4.90 Å². The lowest BCUT2D eigenvalue weighted by Gasteiger charge is -2.26. The van der Waals surface area contributed by atoms with E-state index in [0.29, 0.717) is 23.6 Å². The first-order valence-electron chi connectivity index (χ1n) is 8.19. The van der Waals surface area contributed by atoms with E-state index in [4.69, 9.17) is 0 Å². The van der Waals surface area contributed by atoms with Crippen molar-refractivity contribution in [1.29, 1.82) is 0 Å². The molecule has 1 heterocycles. The molecule has 0 unspecified atom stereocenters. The van der Waals surface area contributed by atoms with Crippen molar-refractivity contribution in [2.45, 2.75) is 18.4 Å². The fourth-order valence-electron chi connectivity index (χ4n) is 2.69. The van der Waals surface area contributed by atoms with E-state index in [1.165, 1.54) is 28.9 Å². The molecule has 8 nitrogen and oxygen atoms in total. The molecule has 0 bridgehead atoms. The van der Waals surface area contributed by atoms with Crippen LogP contribution in [-0.2, 0) is 21.4 Å². The Balaban J connectivity index is 1.82. The third-order valence-electron chi connectivity index (χ3n) is 4.36. The predicted molar refractivity (Wildman–Crippen MR) is 103 cm³/mol. The standard InChI is InChI=1S/C18H20N4O4S/c1-12(23)22(3)15-5-7-16(8-6-15)27(25,26)20-14-4-9-17-13(10-14)11-21(2)18(24)19-17/h4-10,20H,11H2,1-3H3,(H,19,24). The van der Waals surface area contributed by atoms with Crippen LogP contribution in [0.4, 0.5) is 21.9 Å². The second-order valence-electron chi connectivity index (χ2n) is 6.34. The molecule has 0 fully saturated rings. The van der Waals surface area contributed by atoms with Crippen LogP contribution in [0.1, 0.15) is 12.5 Å². The van der Waals surface area contributed by atoms with Gasteiger partial charge in [-0.05, 0) is 48.0 Å². The van der Waals surface area contributed by atoms with Gasteiger partial charge in [-0.3, -0.25) is 9.52 Å². The molecule has 3 rings (SSSR count). The summed E-state index contributed by atoms with van der Waals surface area (Å²) in [5, 5.41) is 2.73. The SMILES string of the molecule is CC(=O)N(C)c1ccc(S(=O)(=O)Nc2ccc3c(c2)CN(C)C(=O)N3)cc1. The summed E-state index contributed by atoms with van der Waals surface area (Å²) in [5.41, 5.74) is 2.49. The molecule has 0 saturated carbocycles. The fraction of sp³-hybridized carbons (Fsp3) is 0.222. The number of benzene rings is 2. The Kier molecular flexibility index (Phi) is 4.79. The summed E-state index contributed by atoms with van der Waals surface area (Å²) in [7, 11) is -0.502. The van der Waals surface area contributed by atoms with Crippen LogP contribution in [-0.4, -0.2) is 39.4 Å². The summed E-state index contributed by atoms with van der Waals surface area (Å²) in [6.07, 6.45) is 0. The molecule has 0 aromatic heterocycles. The summed E-state index contributed by atoms with van der Waals surface area (Å²) < 4.78 is 27.8. The lowest BCUT2D eigenvalue weighted by Crippen LogP contribution is -2.35. The highest BCUT2D eigenvalue weighted by Crippen LogP contribution is 2.27. The van der Waals surface area contributed by atoms with Gasteiger partial charge < -0.3 is 15.1 Å². The Morgan fingerprint density at radius 1 is 1.19 bits per heavy atom. The molecular weight excluding hydrogens is 368 g/mol. The molecule has 2 aromatic rings. The second-order valence-corrected chi connectivity index (χ2v) is 8.02. The minimum atomic E-state index is -3.78. The van der Waals surface area contributed by atoms with Gasteiger partial charge in [-0.25, -0.2) is 13.2 Å². The average Bonchev–Trinajstić information content (AvgIpc) is 2.62. The van der Waals surface area contributed by atoms with Gasteiger partial charge >= 0.3 is 6.03 Å². The normalized spacial score (nSPS) is 13.6. The first-order valence-corrected chi connectivity index (χ1v) is 9.68. The van der Waals surface area contributed by atoms with Crippen LogP contribution in [0.5, 0.6) is 0 Å². The van der Waals surface area contributed by atoms with E-state index in [1.807, 2.05) is 0 Å². The number of hydrogen-bond donors (Lipinski definition) is 2. The molecule has 27 heavy (non-hydrogen) atoms. The topological polar surface area (TPSA) is 98.8 Å². The fourth-order valence-corrected chi connectivity index (χ4v) is 3.74. The number of hydrogen-bond acceptors (Lipinski definition) is 4. The molecule has 142 valence electrons. The zero-order chi connectivity index (χ0) is 19.8. The molecule has 2 aromatic carbocycles. The molecular formula is C18H20N4O4S. The van der Waals surface area contributed by atoms with Gasteiger partial charge in [0.1, 0.15) is 0 Å². The van der Waals surface area contributed by atoms with Gasteiger partial charge in [0.2, 0.25) is 5.91 Å². The van der Waals surface area contributed by atoms with E-state index in [2.05, 4.69) is 10.0 Å². The first-order chi connectivity index (χ1) is 12.7. The molecule has 1 aliphatic rings. The number of fused-ring (bicyclic) bond motifs is 1. The number of rotatable bonds is 4. The smallest absolute Gasteiger partial charge is 0.321 e. The number of nitrogens with zero attached hydrogens (tertiary/aromatic N) is 2. The zero-order valence-electron chi connectivity index (χ0n) is 15.2. The molecule has 9 heteroatoms. The second kappa shape index (κ2) is 6.92. The number of anilines is 3. The maximum absolute atomic E-state index is 12.6. The first kappa shape index (κ1) is 18.7. The molecule has 0 atom stereocenters. The van der Waals surface area contributed by atoms with Crippen molar-refractivity contribution in [2.24, 2.45) is 0 Å². The number of urea groups is 1. The molecule has 0 spiro atoms. The Bertz CT molecular complexity index is 1000. The van der Waals surface area contributed by atoms with Gasteiger partial charge in [-0.2, -0.15) is 0 Å². The monoisotopic (exact) mass is 388 g/mol. The van der Waals surface area contributed by atoms with Gasteiger partial charge in [0, 0.05) is 44.6 Å². The lowest BCUT2D eigenvalue weighted by atomic mass is 10.1. The van der Waals surface area contributed by atoms with Gasteiger partial charge in [-0.1, -0.05) is 0 Å². The largest absolute Gasteiger partial charge is 0.323 e. The van der Waals surface area contributed by atoms with Crippen LogP contribution in [0.3, 0.4) is 0 Å². The van der Waals surface area contributed by atoms with Crippen molar-refractivity contribution in [1.82, 2.24) is 4.90 Å². The Morgan fingerprint density at radius 3 is 2.48 bits per heavy atom. The van der Waals surface area contributed by atoms with E-state index in [-0.39, 0.29) is 16.8 Å². The summed E-state index contributed by atoms with van der Waals surface area (Å²) >= 11 is 0. The van der Waals surface area contributed by atoms with Crippen molar-refractivity contribution < 1.29 is 18.0 Å². The average molecular weight is 388 g/mol. The molecule has 0 aliphatic carbocycles. The maximum atomic E-state index is 12.6. The summed E-state index contributed by atoms with van der Waals surface area (Å²) in [5.74, 6) is -0.144. The van der Waals surface area contributed by atoms with Crippen LogP contribution in [0.25, 0.3) is 0 Å².